The molecule has 1 saturated heterocycles. The molecule has 4 nitrogen and oxygen atoms in total. The Kier molecular flexibility index (Phi) is 4.55. The highest BCUT2D eigenvalue weighted by Crippen LogP contribution is 2.30. The van der Waals surface area contributed by atoms with Crippen molar-refractivity contribution in [3.63, 3.8) is 0 Å². The van der Waals surface area contributed by atoms with E-state index >= 15 is 0 Å². The number of amidine groups is 1. The van der Waals surface area contributed by atoms with Crippen LogP contribution in [-0.2, 0) is 6.54 Å². The third-order valence-electron chi connectivity index (χ3n) is 3.36. The number of hydrogen-bond acceptors (Lipinski definition) is 4. The number of oxime groups is 1. The fourth-order valence-corrected chi connectivity index (χ4v) is 3.62. The molecule has 0 atom stereocenters. The smallest absolute Gasteiger partial charge is 0.173 e. The van der Waals surface area contributed by atoms with Crippen molar-refractivity contribution in [3.8, 4) is 0 Å². The van der Waals surface area contributed by atoms with Gasteiger partial charge in [-0.2, -0.15) is 11.8 Å². The van der Waals surface area contributed by atoms with E-state index in [2.05, 4.69) is 23.9 Å². The van der Waals surface area contributed by atoms with E-state index in [1.807, 2.05) is 11.8 Å². The van der Waals surface area contributed by atoms with E-state index < -0.39 is 5.82 Å². The highest BCUT2D eigenvalue weighted by Gasteiger charge is 2.27. The van der Waals surface area contributed by atoms with E-state index in [-0.39, 0.29) is 16.1 Å². The topological polar surface area (TPSA) is 61.8 Å². The van der Waals surface area contributed by atoms with E-state index in [1.54, 1.807) is 12.1 Å². The van der Waals surface area contributed by atoms with Crippen LogP contribution >= 0.6 is 11.8 Å². The summed E-state index contributed by atoms with van der Waals surface area (Å²) in [5, 5.41) is 11.5. The lowest BCUT2D eigenvalue weighted by Gasteiger charge is -2.37. The summed E-state index contributed by atoms with van der Waals surface area (Å²) in [6, 6.07) is 5.00. The number of benzene rings is 1. The Balaban J connectivity index is 2.18. The molecule has 1 aromatic carbocycles. The van der Waals surface area contributed by atoms with Crippen molar-refractivity contribution in [1.29, 1.82) is 0 Å². The molecule has 0 radical (unpaired) electrons. The lowest BCUT2D eigenvalue weighted by Crippen LogP contribution is -2.42. The number of nitrogens with zero attached hydrogens (tertiary/aromatic N) is 2. The van der Waals surface area contributed by atoms with Crippen LogP contribution in [0.4, 0.5) is 4.39 Å². The molecule has 6 heteroatoms. The summed E-state index contributed by atoms with van der Waals surface area (Å²) in [5.41, 5.74) is 6.21. The van der Waals surface area contributed by atoms with Gasteiger partial charge in [0, 0.05) is 35.7 Å². The van der Waals surface area contributed by atoms with E-state index in [0.29, 0.717) is 12.1 Å². The number of thioether (sulfide) groups is 1. The molecule has 2 rings (SSSR count). The minimum absolute atomic E-state index is 0.149. The van der Waals surface area contributed by atoms with Crippen LogP contribution in [0.15, 0.2) is 23.4 Å². The molecule has 1 aromatic rings. The van der Waals surface area contributed by atoms with Crippen LogP contribution in [0.3, 0.4) is 0 Å². The maximum absolute atomic E-state index is 14.4. The lowest BCUT2D eigenvalue weighted by atomic mass is 10.1. The van der Waals surface area contributed by atoms with Gasteiger partial charge in [0.05, 0.1) is 5.56 Å². The number of nitrogens with two attached hydrogens (primary N) is 1. The van der Waals surface area contributed by atoms with Crippen molar-refractivity contribution < 1.29 is 9.60 Å². The predicted molar refractivity (Wildman–Crippen MR) is 80.7 cm³/mol. The van der Waals surface area contributed by atoms with Gasteiger partial charge in [0.2, 0.25) is 0 Å². The zero-order valence-corrected chi connectivity index (χ0v) is 12.6. The Hall–Kier alpha value is -1.27. The highest BCUT2D eigenvalue weighted by atomic mass is 32.2. The first-order valence-corrected chi connectivity index (χ1v) is 7.53. The predicted octanol–water partition coefficient (Wildman–Crippen LogP) is 2.25. The van der Waals surface area contributed by atoms with Crippen molar-refractivity contribution in [2.75, 3.05) is 18.8 Å². The molecule has 0 bridgehead atoms. The van der Waals surface area contributed by atoms with Crippen LogP contribution in [0, 0.1) is 5.82 Å². The molecule has 1 fully saturated rings. The zero-order chi connectivity index (χ0) is 14.8. The molecule has 0 saturated carbocycles. The first-order valence-electron chi connectivity index (χ1n) is 6.54. The van der Waals surface area contributed by atoms with Crippen molar-refractivity contribution >= 4 is 17.6 Å². The van der Waals surface area contributed by atoms with Gasteiger partial charge in [-0.3, -0.25) is 4.90 Å². The van der Waals surface area contributed by atoms with Gasteiger partial charge in [0.25, 0.3) is 0 Å². The Morgan fingerprint density at radius 2 is 2.30 bits per heavy atom. The first-order chi connectivity index (χ1) is 9.43. The number of halogens is 1. The van der Waals surface area contributed by atoms with Crippen LogP contribution in [0.25, 0.3) is 0 Å². The van der Waals surface area contributed by atoms with E-state index in [1.165, 1.54) is 6.07 Å². The van der Waals surface area contributed by atoms with Crippen LogP contribution in [0.2, 0.25) is 0 Å². The van der Waals surface area contributed by atoms with Gasteiger partial charge in [0.1, 0.15) is 5.82 Å². The standard InChI is InChI=1S/C14H20FN3OS/c1-14(2)9-18(6-7-20-14)8-10-4-3-5-11(12(10)15)13(16)17-19/h3-5,19H,6-9H2,1-2H3,(H2,16,17). The van der Waals surface area contributed by atoms with Gasteiger partial charge in [-0.15, -0.1) is 0 Å². The lowest BCUT2D eigenvalue weighted by molar-refractivity contribution is 0.249. The zero-order valence-electron chi connectivity index (χ0n) is 11.8. The SMILES string of the molecule is CC1(C)CN(Cc2cccc(/C(N)=N/O)c2F)CCS1. The molecule has 1 aliphatic heterocycles. The molecule has 0 unspecified atom stereocenters. The second-order valence-corrected chi connectivity index (χ2v) is 7.38. The van der Waals surface area contributed by atoms with Crippen molar-refractivity contribution in [2.45, 2.75) is 25.1 Å². The summed E-state index contributed by atoms with van der Waals surface area (Å²) in [6.07, 6.45) is 0. The Morgan fingerprint density at radius 1 is 1.55 bits per heavy atom. The number of hydrogen-bond donors (Lipinski definition) is 2. The molecule has 0 aliphatic carbocycles. The molecule has 1 heterocycles. The Morgan fingerprint density at radius 3 is 2.95 bits per heavy atom. The van der Waals surface area contributed by atoms with E-state index in [4.69, 9.17) is 10.9 Å². The third-order valence-corrected chi connectivity index (χ3v) is 4.66. The van der Waals surface area contributed by atoms with Crippen molar-refractivity contribution in [2.24, 2.45) is 10.9 Å². The summed E-state index contributed by atoms with van der Waals surface area (Å²) in [4.78, 5) is 2.24. The normalized spacial score (nSPS) is 20.1. The molecule has 110 valence electrons. The monoisotopic (exact) mass is 297 g/mol. The quantitative estimate of drug-likeness (QED) is 0.389. The maximum Gasteiger partial charge on any atom is 0.173 e. The van der Waals surface area contributed by atoms with E-state index in [0.717, 1.165) is 18.8 Å². The van der Waals surface area contributed by atoms with Crippen LogP contribution in [0.1, 0.15) is 25.0 Å². The van der Waals surface area contributed by atoms with Gasteiger partial charge in [0.15, 0.2) is 5.84 Å². The summed E-state index contributed by atoms with van der Waals surface area (Å²) < 4.78 is 14.5. The fourth-order valence-electron chi connectivity index (χ4n) is 2.44. The average Bonchev–Trinajstić information content (AvgIpc) is 2.39. The number of rotatable bonds is 3. The average molecular weight is 297 g/mol. The molecular formula is C14H20FN3OS. The van der Waals surface area contributed by atoms with Crippen LogP contribution in [0.5, 0.6) is 0 Å². The fraction of sp³-hybridized carbons (Fsp3) is 0.500. The second kappa shape index (κ2) is 6.01. The molecule has 3 N–H and O–H groups in total. The van der Waals surface area contributed by atoms with Gasteiger partial charge in [-0.25, -0.2) is 4.39 Å². The van der Waals surface area contributed by atoms with Crippen molar-refractivity contribution in [3.05, 3.63) is 35.1 Å². The summed E-state index contributed by atoms with van der Waals surface area (Å²) in [6.45, 7) is 6.81. The first kappa shape index (κ1) is 15.1. The summed E-state index contributed by atoms with van der Waals surface area (Å²) >= 11 is 1.94. The second-order valence-electron chi connectivity index (χ2n) is 5.58. The summed E-state index contributed by atoms with van der Waals surface area (Å²) in [7, 11) is 0. The van der Waals surface area contributed by atoms with Crippen molar-refractivity contribution in [1.82, 2.24) is 4.90 Å². The largest absolute Gasteiger partial charge is 0.409 e. The van der Waals surface area contributed by atoms with Crippen LogP contribution < -0.4 is 5.73 Å². The minimum Gasteiger partial charge on any atom is -0.409 e. The highest BCUT2D eigenvalue weighted by molar-refractivity contribution is 8.00. The third kappa shape index (κ3) is 3.43. The van der Waals surface area contributed by atoms with Gasteiger partial charge >= 0.3 is 0 Å². The molecule has 0 spiro atoms. The Labute approximate surface area is 122 Å². The van der Waals surface area contributed by atoms with Gasteiger partial charge < -0.3 is 10.9 Å². The molecule has 1 aliphatic rings. The van der Waals surface area contributed by atoms with Gasteiger partial charge in [-0.05, 0) is 19.9 Å². The molecular weight excluding hydrogens is 277 g/mol. The molecule has 20 heavy (non-hydrogen) atoms. The summed E-state index contributed by atoms with van der Waals surface area (Å²) in [5.74, 6) is 0.451. The van der Waals surface area contributed by atoms with Gasteiger partial charge in [-0.1, -0.05) is 17.3 Å². The van der Waals surface area contributed by atoms with E-state index in [9.17, 15) is 4.39 Å². The molecule has 0 aromatic heterocycles. The maximum atomic E-state index is 14.4. The Bertz CT molecular complexity index is 519. The van der Waals surface area contributed by atoms with Crippen LogP contribution in [-0.4, -0.2) is 39.5 Å². The minimum atomic E-state index is -0.404. The molecule has 0 amide bonds.